The molecule has 1 aliphatic rings. The number of nitrogens with zero attached hydrogens (tertiary/aromatic N) is 10. The minimum absolute atomic E-state index is 0.0605. The summed E-state index contributed by atoms with van der Waals surface area (Å²) < 4.78 is 138. The molecule has 2 aromatic carbocycles. The minimum atomic E-state index is -4.46. The van der Waals surface area contributed by atoms with E-state index in [0.29, 0.717) is 22.8 Å². The van der Waals surface area contributed by atoms with E-state index in [1.54, 1.807) is 18.8 Å². The van der Waals surface area contributed by atoms with Crippen molar-refractivity contribution in [1.29, 1.82) is 0 Å². The van der Waals surface area contributed by atoms with Crippen molar-refractivity contribution in [3.05, 3.63) is 103 Å². The topological polar surface area (TPSA) is 448 Å². The van der Waals surface area contributed by atoms with Crippen molar-refractivity contribution in [3.63, 3.8) is 0 Å². The van der Waals surface area contributed by atoms with Gasteiger partial charge in [-0.05, 0) is 73.4 Å². The summed E-state index contributed by atoms with van der Waals surface area (Å²) >= 11 is 8.17. The lowest BCUT2D eigenvalue weighted by molar-refractivity contribution is -0.137. The monoisotopic (exact) mass is 1400 g/mol. The Morgan fingerprint density at radius 2 is 1.45 bits per heavy atom. The van der Waals surface area contributed by atoms with E-state index in [2.05, 4.69) is 55.6 Å². The number of anilines is 2. The highest BCUT2D eigenvalue weighted by Gasteiger charge is 2.30. The number of hydrogen-bond donors (Lipinski definition) is 8. The van der Waals surface area contributed by atoms with Gasteiger partial charge >= 0.3 is 48.7 Å². The van der Waals surface area contributed by atoms with Crippen molar-refractivity contribution >= 4 is 110 Å². The van der Waals surface area contributed by atoms with Gasteiger partial charge in [-0.2, -0.15) is 46.5 Å². The molecule has 0 aliphatic carbocycles. The van der Waals surface area contributed by atoms with E-state index in [1.165, 1.54) is 103 Å². The molecule has 91 heavy (non-hydrogen) atoms. The van der Waals surface area contributed by atoms with E-state index in [0.717, 1.165) is 48.1 Å². The van der Waals surface area contributed by atoms with Gasteiger partial charge in [-0.1, -0.05) is 29.8 Å². The van der Waals surface area contributed by atoms with Crippen LogP contribution in [0.3, 0.4) is 0 Å². The number of urea groups is 2. The average molecular weight is 1400 g/mol. The van der Waals surface area contributed by atoms with Crippen molar-refractivity contribution < 1.29 is 96.8 Å². The van der Waals surface area contributed by atoms with Crippen molar-refractivity contribution in [2.75, 3.05) is 71.8 Å². The van der Waals surface area contributed by atoms with Crippen LogP contribution in [0.2, 0.25) is 5.02 Å². The Morgan fingerprint density at radius 1 is 0.846 bits per heavy atom. The van der Waals surface area contributed by atoms with Crippen LogP contribution in [-0.4, -0.2) is 173 Å². The first kappa shape index (κ1) is 75.0. The average Bonchev–Trinajstić information content (AvgIpc) is 1.88. The van der Waals surface area contributed by atoms with E-state index < -0.39 is 105 Å². The highest BCUT2D eigenvalue weighted by Crippen LogP contribution is 2.34. The molecular weight excluding hydrogens is 1350 g/mol. The van der Waals surface area contributed by atoms with Gasteiger partial charge in [0.1, 0.15) is 17.3 Å². The maximum absolute atomic E-state index is 14.3. The van der Waals surface area contributed by atoms with Gasteiger partial charge in [-0.15, -0.1) is 11.8 Å². The molecule has 33 nitrogen and oxygen atoms in total. The smallest absolute Gasteiger partial charge is 0.389 e. The van der Waals surface area contributed by atoms with Crippen molar-refractivity contribution in [1.82, 2.24) is 58.9 Å². The second-order valence-electron chi connectivity index (χ2n) is 17.8. The number of nitrogens with one attached hydrogen (secondary N) is 5. The molecule has 8 N–H and O–H groups in total. The summed E-state index contributed by atoms with van der Waals surface area (Å²) in [5, 5.41) is 13.9. The van der Waals surface area contributed by atoms with Gasteiger partial charge in [-0.25, -0.2) is 46.5 Å². The molecule has 0 atom stereocenters. The van der Waals surface area contributed by atoms with E-state index >= 15 is 0 Å². The summed E-state index contributed by atoms with van der Waals surface area (Å²) in [6, 6.07) is 9.36. The molecule has 0 unspecified atom stereocenters. The van der Waals surface area contributed by atoms with Crippen LogP contribution in [0.25, 0.3) is 0 Å². The number of fused-ring (bicyclic) bond motifs is 1. The standard InChI is InChI=1S/C15H15ClFN3O3S2.C15H16F3N5O4S.C15H18N6O6S.C3H8NO5P/c1-23-13(21)8-24-12-7-11(10(17)6-9(12)16)18-14-19-4-2-3-5-20(19)15(22)25-14;1-9-19-12(22-14(20-9)27-2)21-13(24)23-28(25,26)11-6-4-3-5-10(11)7-8-15(16,17)18;1-21(2)13(22)9-6-5-7-16-12(9)28(24,25)20-15(23)19-14-17-10(26-3)8-11(18-14)27-4;5-3(6)1-4-2-10(7,8)9/h6-7H,2-5,8H2,1H3;3-6H,7-8H2,1-2H3,(H2,19,20,21,22,23,24);5-8H,1-4H3,(H2,17,18,19,20,23);4H,1-2H2,(H,5,6)(H2,7,8,9)/b18-14-;;;. The molecule has 1 aliphatic heterocycles. The molecule has 0 bridgehead atoms. The number of carboxylic acid groups (broad SMARTS) is 1. The number of carbonyl (C=O) groups is 5. The minimum Gasteiger partial charge on any atom is -0.481 e. The number of aryl methyl sites for hydroxylation is 2. The summed E-state index contributed by atoms with van der Waals surface area (Å²) in [5.74, 6) is -2.78. The van der Waals surface area contributed by atoms with Gasteiger partial charge in [0.2, 0.25) is 28.5 Å². The molecule has 7 rings (SSSR count). The Morgan fingerprint density at radius 3 is 2.02 bits per heavy atom. The predicted octanol–water partition coefficient (Wildman–Crippen LogP) is 3.89. The van der Waals surface area contributed by atoms with Gasteiger partial charge in [0.15, 0.2) is 5.03 Å². The number of ether oxygens (including phenoxy) is 4. The second kappa shape index (κ2) is 34.1. The highest BCUT2D eigenvalue weighted by atomic mass is 35.5. The molecule has 0 saturated heterocycles. The van der Waals surface area contributed by atoms with Gasteiger partial charge in [0.05, 0.1) is 68.6 Å². The first-order chi connectivity index (χ1) is 42.6. The summed E-state index contributed by atoms with van der Waals surface area (Å²) in [7, 11) is -4.79. The van der Waals surface area contributed by atoms with Crippen LogP contribution in [0.4, 0.5) is 44.7 Å². The van der Waals surface area contributed by atoms with E-state index in [4.69, 9.17) is 40.7 Å². The van der Waals surface area contributed by atoms with Crippen LogP contribution < -0.4 is 49.3 Å². The number of halogens is 5. The number of aromatic nitrogens is 8. The number of carbonyl (C=O) groups excluding carboxylic acids is 4. The lowest BCUT2D eigenvalue weighted by Crippen LogP contribution is -2.36. The summed E-state index contributed by atoms with van der Waals surface area (Å²) in [4.78, 5) is 114. The number of amides is 5. The zero-order valence-corrected chi connectivity index (χ0v) is 53.5. The van der Waals surface area contributed by atoms with Gasteiger partial charge in [0, 0.05) is 44.7 Å². The largest absolute Gasteiger partial charge is 0.481 e. The fourth-order valence-electron chi connectivity index (χ4n) is 6.87. The molecule has 0 fully saturated rings. The molecule has 43 heteroatoms. The SMILES string of the molecule is COC(=O)CSc1cc(/N=c2\sc(=O)n3n2CCCC3)c(F)cc1Cl.COc1cc(OC)nc(NC(=O)NS(=O)(=O)c2ncccc2C(=O)N(C)C)n1.COc1nc(C)nc(NC(=O)NS(=O)(=O)c2ccccc2CCC(F)(F)F)n1.O=C(O)CNCP(=O)(O)O. The summed E-state index contributed by atoms with van der Waals surface area (Å²) in [6.07, 6.45) is -3.71. The second-order valence-corrected chi connectivity index (χ2v) is 25.1. The molecule has 6 aromatic rings. The Hall–Kier alpha value is -8.44. The summed E-state index contributed by atoms with van der Waals surface area (Å²) in [5.41, 5.74) is -0.176. The van der Waals surface area contributed by atoms with Crippen LogP contribution in [0.15, 0.2) is 85.4 Å². The van der Waals surface area contributed by atoms with Crippen LogP contribution in [0, 0.1) is 12.7 Å². The Kier molecular flexibility index (Phi) is 28.1. The van der Waals surface area contributed by atoms with Crippen LogP contribution in [0.5, 0.6) is 17.8 Å². The number of sulfonamides is 2. The number of thioether (sulfide) groups is 1. The van der Waals surface area contributed by atoms with Crippen molar-refractivity contribution in [2.24, 2.45) is 4.99 Å². The first-order valence-corrected chi connectivity index (χ1v) is 32.3. The van der Waals surface area contributed by atoms with E-state index in [9.17, 15) is 67.7 Å². The number of methoxy groups -OCH3 is 4. The maximum Gasteiger partial charge on any atom is 0.389 e. The number of aliphatic carboxylic acids is 1. The zero-order chi connectivity index (χ0) is 68.0. The van der Waals surface area contributed by atoms with Crippen LogP contribution >= 0.6 is 42.3 Å². The molecule has 5 heterocycles. The van der Waals surface area contributed by atoms with Crippen molar-refractivity contribution in [3.8, 4) is 17.8 Å². The van der Waals surface area contributed by atoms with Gasteiger partial charge in [-0.3, -0.25) is 44.4 Å². The Labute approximate surface area is 527 Å². The van der Waals surface area contributed by atoms with Crippen LogP contribution in [0.1, 0.15) is 41.0 Å². The summed E-state index contributed by atoms with van der Waals surface area (Å²) in [6.45, 7) is 2.39. The van der Waals surface area contributed by atoms with Gasteiger partial charge in [0.25, 0.3) is 26.0 Å². The highest BCUT2D eigenvalue weighted by molar-refractivity contribution is 8.00. The normalized spacial score (nSPS) is 12.1. The number of benzene rings is 2. The van der Waals surface area contributed by atoms with Gasteiger partial charge < -0.3 is 38.7 Å². The van der Waals surface area contributed by atoms with E-state index in [-0.39, 0.29) is 68.0 Å². The fraction of sp³-hybridized carbons (Fsp3) is 0.354. The lowest BCUT2D eigenvalue weighted by Gasteiger charge is -2.15. The third kappa shape index (κ3) is 24.7. The molecule has 0 radical (unpaired) electrons. The molecule has 496 valence electrons. The van der Waals surface area contributed by atoms with Crippen molar-refractivity contribution in [2.45, 2.75) is 66.7 Å². The number of alkyl halides is 3. The third-order valence-corrected chi connectivity index (χ3v) is 16.5. The fourth-order valence-corrected chi connectivity index (χ4v) is 11.5. The number of rotatable bonds is 20. The quantitative estimate of drug-likeness (QED) is 0.0233. The first-order valence-electron chi connectivity index (χ1n) is 25.3. The number of hydrogen-bond acceptors (Lipinski definition) is 25. The Balaban J connectivity index is 0.000000271. The lowest BCUT2D eigenvalue weighted by atomic mass is 10.1. The van der Waals surface area contributed by atoms with Crippen LogP contribution in [-0.2, 0) is 58.4 Å². The number of pyridine rings is 1. The molecular formula is C48H57ClF4N15O18PS4. The molecule has 0 saturated carbocycles. The van der Waals surface area contributed by atoms with E-state index in [1.807, 2.05) is 0 Å². The third-order valence-electron chi connectivity index (χ3n) is 10.8. The molecule has 5 amide bonds. The molecule has 4 aromatic heterocycles. The number of carboxylic acids is 1. The molecule has 0 spiro atoms. The predicted molar refractivity (Wildman–Crippen MR) is 316 cm³/mol. The number of esters is 1. The Bertz CT molecular complexity index is 3990. The zero-order valence-electron chi connectivity index (χ0n) is 48.5. The maximum atomic E-state index is 14.3.